The molecule has 16 heteroatoms. The number of aryl methyl sites for hydroxylation is 3. The Hall–Kier alpha value is 0.628. The molecule has 504 valence electrons. The molecule has 0 saturated heterocycles. The van der Waals surface area contributed by atoms with E-state index in [4.69, 9.17) is 85.7 Å². The summed E-state index contributed by atoms with van der Waals surface area (Å²) in [5, 5.41) is 0. The zero-order chi connectivity index (χ0) is 64.1. The SMILES string of the molecule is CCCCCCCCCc1cccc(OP([O-])(=S)[S-])c1CCCCCCCCC.CCCCCCCCCc1cccc(OP([O-])(=S)[S-])c1CCCCCCCCC.CCCCCCCCCc1cccc(OP([O-])(=S)[S-])c1CCCCCCCCC.[Mo+6]. The van der Waals surface area contributed by atoms with Gasteiger partial charge in [-0.15, -0.1) is 0 Å². The summed E-state index contributed by atoms with van der Waals surface area (Å²) in [7, 11) is 0. The van der Waals surface area contributed by atoms with E-state index in [2.05, 4.69) is 59.7 Å². The molecule has 6 nitrogen and oxygen atoms in total. The van der Waals surface area contributed by atoms with Gasteiger partial charge < -0.3 is 65.0 Å². The Balaban J connectivity index is 0.00000128. The number of rotatable bonds is 54. The molecule has 0 aromatic heterocycles. The zero-order valence-corrected chi connectivity index (χ0v) is 65.9. The average molecular weight is 1470 g/mol. The summed E-state index contributed by atoms with van der Waals surface area (Å²) < 4.78 is 16.6. The van der Waals surface area contributed by atoms with E-state index >= 15 is 0 Å². The van der Waals surface area contributed by atoms with Crippen LogP contribution in [0.15, 0.2) is 54.6 Å². The molecule has 0 bridgehead atoms. The molecule has 3 aromatic carbocycles. The van der Waals surface area contributed by atoms with Gasteiger partial charge in [-0.2, -0.15) is 0 Å². The van der Waals surface area contributed by atoms with Crippen LogP contribution in [0.4, 0.5) is 0 Å². The first-order valence-corrected chi connectivity index (χ1v) is 46.4. The largest absolute Gasteiger partial charge is 6.00 e. The molecule has 3 aromatic rings. The van der Waals surface area contributed by atoms with Crippen molar-refractivity contribution >= 4 is 89.2 Å². The summed E-state index contributed by atoms with van der Waals surface area (Å²) in [6, 6.07) is 18.2. The second-order valence-electron chi connectivity index (χ2n) is 24.5. The van der Waals surface area contributed by atoms with E-state index in [0.717, 1.165) is 57.8 Å². The monoisotopic (exact) mass is 1470 g/mol. The number of hydrogen-bond donors (Lipinski definition) is 0. The van der Waals surface area contributed by atoms with Crippen molar-refractivity contribution in [3.63, 3.8) is 0 Å². The minimum Gasteiger partial charge on any atom is -0.809 e. The molecule has 0 aliphatic rings. The van der Waals surface area contributed by atoms with Crippen LogP contribution in [0.1, 0.15) is 345 Å². The fourth-order valence-corrected chi connectivity index (χ4v) is 14.3. The normalized spacial score (nSPS) is 13.2. The van der Waals surface area contributed by atoms with Crippen molar-refractivity contribution in [2.75, 3.05) is 0 Å². The van der Waals surface area contributed by atoms with E-state index in [1.165, 1.54) is 284 Å². The third kappa shape index (κ3) is 51.0. The Morgan fingerprint density at radius 2 is 0.432 bits per heavy atom. The van der Waals surface area contributed by atoms with Crippen molar-refractivity contribution in [1.82, 2.24) is 0 Å². The van der Waals surface area contributed by atoms with Gasteiger partial charge in [-0.05, 0) is 129 Å². The van der Waals surface area contributed by atoms with Gasteiger partial charge in [0.25, 0.3) is 0 Å². The number of hydrogen-bond acceptors (Lipinski definition) is 12. The molecule has 0 aliphatic heterocycles. The molecule has 0 amide bonds. The van der Waals surface area contributed by atoms with E-state index in [1.54, 1.807) is 0 Å². The standard InChI is InChI=1S/3C24H43O2PS2.Mo/c3*1-3-5-7-9-11-13-15-18-22-19-17-21-24(26-27(25,28)29)23(22)20-16-14-12-10-8-6-4-2;/h3*17,19,21H,3-16,18,20H2,1-2H3,(H2,25,28,29);/q;;;+6/p-6. The molecule has 3 rings (SSSR count). The minimum atomic E-state index is -3.37. The van der Waals surface area contributed by atoms with Crippen LogP contribution >= 0.6 is 17.1 Å². The molecule has 0 aliphatic carbocycles. The van der Waals surface area contributed by atoms with Gasteiger partial charge in [0.1, 0.15) is 17.2 Å². The molecular formula is C72H123MoO6P3S6. The third-order valence-electron chi connectivity index (χ3n) is 16.6. The Kier molecular flexibility index (Phi) is 59.4. The average Bonchev–Trinajstić information content (AvgIpc) is 2.36. The second-order valence-corrected chi connectivity index (χ2v) is 38.5. The maximum atomic E-state index is 11.9. The van der Waals surface area contributed by atoms with E-state index < -0.39 is 17.1 Å². The molecule has 0 radical (unpaired) electrons. The van der Waals surface area contributed by atoms with Gasteiger partial charge in [0.2, 0.25) is 0 Å². The molecule has 0 saturated carbocycles. The Bertz CT molecular complexity index is 2010. The molecule has 0 spiro atoms. The van der Waals surface area contributed by atoms with Crippen molar-refractivity contribution in [3.05, 3.63) is 88.0 Å². The molecule has 3 unspecified atom stereocenters. The van der Waals surface area contributed by atoms with Gasteiger partial charge in [-0.25, -0.2) is 0 Å². The summed E-state index contributed by atoms with van der Waals surface area (Å²) in [6.45, 7) is 13.5. The van der Waals surface area contributed by atoms with Crippen LogP contribution in [0.5, 0.6) is 17.2 Å². The van der Waals surface area contributed by atoms with Crippen molar-refractivity contribution in [3.8, 4) is 17.2 Å². The van der Waals surface area contributed by atoms with Gasteiger partial charge in [0, 0.05) is 0 Å². The maximum absolute atomic E-state index is 11.9. The fraction of sp³-hybridized carbons (Fsp3) is 0.750. The Morgan fingerprint density at radius 3 is 0.602 bits per heavy atom. The minimum absolute atomic E-state index is 0. The summed E-state index contributed by atoms with van der Waals surface area (Å²) in [5.41, 5.74) is -2.61. The third-order valence-corrected chi connectivity index (χ3v) is 19.2. The molecule has 3 atom stereocenters. The van der Waals surface area contributed by atoms with Crippen LogP contribution in [0.3, 0.4) is 0 Å². The molecule has 88 heavy (non-hydrogen) atoms. The smallest absolute Gasteiger partial charge is 0.809 e. The Morgan fingerprint density at radius 1 is 0.273 bits per heavy atom. The topological polar surface area (TPSA) is 96.9 Å². The van der Waals surface area contributed by atoms with Crippen LogP contribution in [-0.4, -0.2) is 0 Å². The van der Waals surface area contributed by atoms with E-state index in [0.29, 0.717) is 17.2 Å². The van der Waals surface area contributed by atoms with Crippen molar-refractivity contribution < 1.29 is 49.3 Å². The van der Waals surface area contributed by atoms with E-state index in [1.807, 2.05) is 36.4 Å². The van der Waals surface area contributed by atoms with Crippen molar-refractivity contribution in [1.29, 1.82) is 0 Å². The summed E-state index contributed by atoms with van der Waals surface area (Å²) >= 11 is 29.2. The van der Waals surface area contributed by atoms with Gasteiger partial charge in [-0.1, -0.05) is 362 Å². The number of benzene rings is 3. The van der Waals surface area contributed by atoms with Crippen LogP contribution in [0, 0.1) is 0 Å². The number of unbranched alkanes of at least 4 members (excludes halogenated alkanes) is 36. The zero-order valence-electron chi connectivity index (χ0n) is 56.3. The van der Waals surface area contributed by atoms with Gasteiger partial charge in [-0.3, -0.25) is 0 Å². The predicted octanol–water partition coefficient (Wildman–Crippen LogP) is 23.3. The van der Waals surface area contributed by atoms with E-state index in [9.17, 15) is 14.7 Å². The first kappa shape index (κ1) is 88.6. The van der Waals surface area contributed by atoms with Gasteiger partial charge in [0.15, 0.2) is 0 Å². The first-order chi connectivity index (χ1) is 41.9. The molecular weight excluding hydrogens is 1340 g/mol. The van der Waals surface area contributed by atoms with Crippen molar-refractivity contribution in [2.24, 2.45) is 0 Å². The molecule has 0 fully saturated rings. The first-order valence-electron chi connectivity index (χ1n) is 35.4. The van der Waals surface area contributed by atoms with Crippen molar-refractivity contribution in [2.45, 2.75) is 350 Å². The maximum Gasteiger partial charge on any atom is 6.00 e. The van der Waals surface area contributed by atoms with Gasteiger partial charge >= 0.3 is 21.1 Å². The molecule has 0 N–H and O–H groups in total. The van der Waals surface area contributed by atoms with Crippen LogP contribution in [0.25, 0.3) is 0 Å². The molecule has 0 heterocycles. The fourth-order valence-electron chi connectivity index (χ4n) is 11.6. The summed E-state index contributed by atoms with van der Waals surface area (Å²) in [4.78, 5) is 35.8. The van der Waals surface area contributed by atoms with Crippen LogP contribution < -0.4 is 28.3 Å². The second kappa shape index (κ2) is 58.9. The van der Waals surface area contributed by atoms with Gasteiger partial charge in [0.05, 0.1) is 0 Å². The Labute approximate surface area is 588 Å². The summed E-state index contributed by atoms with van der Waals surface area (Å²) in [5.74, 6) is 1.97. The summed E-state index contributed by atoms with van der Waals surface area (Å²) in [6.07, 6.45) is 60.3. The predicted molar refractivity (Wildman–Crippen MR) is 396 cm³/mol. The van der Waals surface area contributed by atoms with Crippen LogP contribution in [-0.2, 0) is 132 Å². The van der Waals surface area contributed by atoms with Crippen LogP contribution in [0.2, 0.25) is 0 Å². The van der Waals surface area contributed by atoms with E-state index in [-0.39, 0.29) is 21.1 Å². The quantitative estimate of drug-likeness (QED) is 0.0233.